The Kier molecular flexibility index (Phi) is 6.88. The van der Waals surface area contributed by atoms with Crippen LogP contribution in [0.4, 0.5) is 0 Å². The van der Waals surface area contributed by atoms with E-state index in [-0.39, 0.29) is 0 Å². The quantitative estimate of drug-likeness (QED) is 0.603. The van der Waals surface area contributed by atoms with Gasteiger partial charge >= 0.3 is 5.97 Å². The van der Waals surface area contributed by atoms with Crippen molar-refractivity contribution in [3.63, 3.8) is 0 Å². The van der Waals surface area contributed by atoms with Crippen LogP contribution in [0.2, 0.25) is 0 Å². The second kappa shape index (κ2) is 9.35. The Balaban J connectivity index is 1.38. The molecule has 2 heterocycles. The van der Waals surface area contributed by atoms with Crippen molar-refractivity contribution in [3.8, 4) is 0 Å². The Hall–Kier alpha value is -1.39. The van der Waals surface area contributed by atoms with E-state index in [2.05, 4.69) is 12.1 Å². The first kappa shape index (κ1) is 18.4. The molecule has 0 spiro atoms. The maximum atomic E-state index is 10.5. The van der Waals surface area contributed by atoms with Crippen molar-refractivity contribution in [2.45, 2.75) is 70.2 Å². The molecule has 0 amide bonds. The van der Waals surface area contributed by atoms with Crippen LogP contribution >= 0.6 is 0 Å². The fraction of sp³-hybridized carbons (Fsp3) is 0.667. The first-order valence-corrected chi connectivity index (χ1v) is 9.73. The number of carboxylic acid groups (broad SMARTS) is 1. The molecule has 3 rings (SSSR count). The lowest BCUT2D eigenvalue weighted by Crippen LogP contribution is -2.30. The van der Waals surface area contributed by atoms with Crippen LogP contribution in [-0.2, 0) is 20.9 Å². The number of benzene rings is 1. The summed E-state index contributed by atoms with van der Waals surface area (Å²) in [6.45, 7) is 1.47. The van der Waals surface area contributed by atoms with Crippen molar-refractivity contribution >= 4 is 5.97 Å². The molecule has 0 aromatic heterocycles. The third-order valence-corrected chi connectivity index (χ3v) is 5.69. The van der Waals surface area contributed by atoms with Crippen molar-refractivity contribution in [3.05, 3.63) is 35.9 Å². The van der Waals surface area contributed by atoms with Gasteiger partial charge in [-0.1, -0.05) is 49.6 Å². The first-order chi connectivity index (χ1) is 12.2. The summed E-state index contributed by atoms with van der Waals surface area (Å²) in [5.74, 6) is 0.465. The number of fused-ring (bicyclic) bond motifs is 2. The number of unbranched alkanes of at least 4 members (excludes halogenated alkanes) is 3. The van der Waals surface area contributed by atoms with E-state index < -0.39 is 5.97 Å². The summed E-state index contributed by atoms with van der Waals surface area (Å²) in [5, 5.41) is 8.68. The minimum absolute atomic E-state index is 0.299. The van der Waals surface area contributed by atoms with Crippen LogP contribution < -0.4 is 0 Å². The lowest BCUT2D eigenvalue weighted by Gasteiger charge is -2.28. The molecule has 1 aromatic rings. The number of hydrogen-bond donors (Lipinski definition) is 1. The predicted molar refractivity (Wildman–Crippen MR) is 96.3 cm³/mol. The fourth-order valence-corrected chi connectivity index (χ4v) is 4.40. The third-order valence-electron chi connectivity index (χ3n) is 5.69. The molecule has 2 saturated heterocycles. The minimum Gasteiger partial charge on any atom is -0.481 e. The highest BCUT2D eigenvalue weighted by molar-refractivity contribution is 5.66. The van der Waals surface area contributed by atoms with Crippen LogP contribution in [0.15, 0.2) is 30.3 Å². The lowest BCUT2D eigenvalue weighted by molar-refractivity contribution is -0.137. The van der Waals surface area contributed by atoms with Gasteiger partial charge in [0.25, 0.3) is 0 Å². The molecule has 2 fully saturated rings. The van der Waals surface area contributed by atoms with Gasteiger partial charge in [-0.15, -0.1) is 0 Å². The highest BCUT2D eigenvalue weighted by Crippen LogP contribution is 2.45. The summed E-state index contributed by atoms with van der Waals surface area (Å²) in [7, 11) is 0. The largest absolute Gasteiger partial charge is 0.481 e. The van der Waals surface area contributed by atoms with Gasteiger partial charge in [0.05, 0.1) is 25.4 Å². The van der Waals surface area contributed by atoms with Crippen LogP contribution in [0.25, 0.3) is 0 Å². The number of rotatable bonds is 11. The maximum absolute atomic E-state index is 10.5. The summed E-state index contributed by atoms with van der Waals surface area (Å²) in [6.07, 6.45) is 8.79. The van der Waals surface area contributed by atoms with Crippen LogP contribution in [-0.4, -0.2) is 29.9 Å². The Bertz CT molecular complexity index is 530. The van der Waals surface area contributed by atoms with Gasteiger partial charge in [0.1, 0.15) is 0 Å². The molecule has 1 N–H and O–H groups in total. The van der Waals surface area contributed by atoms with Gasteiger partial charge < -0.3 is 14.6 Å². The molecular formula is C21H30O4. The third kappa shape index (κ3) is 5.29. The Morgan fingerprint density at radius 3 is 2.52 bits per heavy atom. The van der Waals surface area contributed by atoms with Crippen molar-refractivity contribution in [2.75, 3.05) is 6.61 Å². The number of carbonyl (C=O) groups is 1. The minimum atomic E-state index is -0.683. The Labute approximate surface area is 150 Å². The van der Waals surface area contributed by atoms with Crippen molar-refractivity contribution in [1.82, 2.24) is 0 Å². The van der Waals surface area contributed by atoms with Crippen molar-refractivity contribution in [1.29, 1.82) is 0 Å². The molecule has 4 heteroatoms. The molecule has 4 atom stereocenters. The number of aliphatic carboxylic acids is 1. The second-order valence-electron chi connectivity index (χ2n) is 7.47. The standard InChI is InChI=1S/C21H30O4/c22-21(23)11-7-2-1-6-10-17-18(20-13-12-19(17)25-20)15-24-14-16-8-4-3-5-9-16/h3-5,8-9,17-20H,1-2,6-7,10-15H2,(H,22,23). The molecule has 0 radical (unpaired) electrons. The average Bonchev–Trinajstić information content (AvgIpc) is 3.21. The van der Waals surface area contributed by atoms with E-state index in [1.807, 2.05) is 18.2 Å². The molecule has 138 valence electrons. The van der Waals surface area contributed by atoms with Gasteiger partial charge in [0, 0.05) is 12.3 Å². The van der Waals surface area contributed by atoms with Crippen LogP contribution in [0.5, 0.6) is 0 Å². The average molecular weight is 346 g/mol. The molecule has 25 heavy (non-hydrogen) atoms. The summed E-state index contributed by atoms with van der Waals surface area (Å²) >= 11 is 0. The summed E-state index contributed by atoms with van der Waals surface area (Å²) < 4.78 is 12.2. The monoisotopic (exact) mass is 346 g/mol. The molecule has 2 bridgehead atoms. The molecule has 1 aromatic carbocycles. The topological polar surface area (TPSA) is 55.8 Å². The number of ether oxygens (including phenoxy) is 2. The predicted octanol–water partition coefficient (Wildman–Crippen LogP) is 4.42. The van der Waals surface area contributed by atoms with E-state index in [0.29, 0.717) is 37.1 Å². The van der Waals surface area contributed by atoms with Gasteiger partial charge in [-0.25, -0.2) is 0 Å². The van der Waals surface area contributed by atoms with E-state index in [1.165, 1.54) is 31.2 Å². The van der Waals surface area contributed by atoms with E-state index in [9.17, 15) is 4.79 Å². The van der Waals surface area contributed by atoms with Crippen LogP contribution in [0.1, 0.15) is 56.9 Å². The SMILES string of the molecule is O=C(O)CCCCCCC1C2CCC(O2)C1COCc1ccccc1. The normalized spacial score (nSPS) is 27.7. The maximum Gasteiger partial charge on any atom is 0.303 e. The van der Waals surface area contributed by atoms with Crippen LogP contribution in [0.3, 0.4) is 0 Å². The molecule has 0 aliphatic carbocycles. The smallest absolute Gasteiger partial charge is 0.303 e. The van der Waals surface area contributed by atoms with Gasteiger partial charge in [0.15, 0.2) is 0 Å². The zero-order valence-corrected chi connectivity index (χ0v) is 14.9. The lowest BCUT2D eigenvalue weighted by atomic mass is 9.77. The van der Waals surface area contributed by atoms with E-state index in [4.69, 9.17) is 14.6 Å². The molecule has 0 saturated carbocycles. The number of hydrogen-bond acceptors (Lipinski definition) is 3. The first-order valence-electron chi connectivity index (χ1n) is 9.73. The second-order valence-corrected chi connectivity index (χ2v) is 7.47. The highest BCUT2D eigenvalue weighted by atomic mass is 16.5. The van der Waals surface area contributed by atoms with Crippen molar-refractivity contribution in [2.24, 2.45) is 11.8 Å². The Morgan fingerprint density at radius 2 is 1.76 bits per heavy atom. The van der Waals surface area contributed by atoms with Gasteiger partial charge in [-0.3, -0.25) is 4.79 Å². The molecule has 4 nitrogen and oxygen atoms in total. The molecule has 4 unspecified atom stereocenters. The molecule has 2 aliphatic rings. The Morgan fingerprint density at radius 1 is 1.04 bits per heavy atom. The summed E-state index contributed by atoms with van der Waals surface area (Å²) in [5.41, 5.74) is 1.22. The highest BCUT2D eigenvalue weighted by Gasteiger charge is 2.48. The van der Waals surface area contributed by atoms with E-state index in [1.54, 1.807) is 0 Å². The van der Waals surface area contributed by atoms with Crippen molar-refractivity contribution < 1.29 is 19.4 Å². The fourth-order valence-electron chi connectivity index (χ4n) is 4.40. The molecular weight excluding hydrogens is 316 g/mol. The van der Waals surface area contributed by atoms with Crippen LogP contribution in [0, 0.1) is 11.8 Å². The van der Waals surface area contributed by atoms with E-state index >= 15 is 0 Å². The zero-order chi connectivity index (χ0) is 17.5. The van der Waals surface area contributed by atoms with Gasteiger partial charge in [0.2, 0.25) is 0 Å². The molecule has 2 aliphatic heterocycles. The summed E-state index contributed by atoms with van der Waals surface area (Å²) in [6, 6.07) is 10.3. The number of carboxylic acids is 1. The van der Waals surface area contributed by atoms with Gasteiger partial charge in [-0.2, -0.15) is 0 Å². The zero-order valence-electron chi connectivity index (χ0n) is 14.9. The summed E-state index contributed by atoms with van der Waals surface area (Å²) in [4.78, 5) is 10.5. The van der Waals surface area contributed by atoms with Gasteiger partial charge in [-0.05, 0) is 37.2 Å². The van der Waals surface area contributed by atoms with E-state index in [0.717, 1.165) is 25.9 Å².